The Morgan fingerprint density at radius 2 is 2.26 bits per heavy atom. The summed E-state index contributed by atoms with van der Waals surface area (Å²) in [5, 5.41) is 15.8. The van der Waals surface area contributed by atoms with Gasteiger partial charge in [0, 0.05) is 37.7 Å². The highest BCUT2D eigenvalue weighted by molar-refractivity contribution is 5.78. The van der Waals surface area contributed by atoms with E-state index in [0.29, 0.717) is 18.9 Å². The standard InChI is InChI=1S/C19H25N7O/c1-25-24-18(11-19(18)15-7-10-21-16(15)23-12-26(19)25)14-5-3-13(4-6-14)17(27)22-9-2-8-20/h7,10,12-14,21,24H,2-6,9,11H2,1H3,(H,22,27). The Morgan fingerprint density at radius 3 is 3.04 bits per heavy atom. The van der Waals surface area contributed by atoms with Crippen molar-refractivity contribution in [3.05, 3.63) is 17.8 Å². The van der Waals surface area contributed by atoms with Crippen LogP contribution < -0.4 is 10.7 Å². The third-order valence-corrected chi connectivity index (χ3v) is 7.02. The van der Waals surface area contributed by atoms with Crippen LogP contribution in [0.15, 0.2) is 17.3 Å². The first-order valence-electron chi connectivity index (χ1n) is 9.80. The van der Waals surface area contributed by atoms with E-state index in [9.17, 15) is 4.79 Å². The lowest BCUT2D eigenvalue weighted by Gasteiger charge is -2.34. The van der Waals surface area contributed by atoms with Crippen molar-refractivity contribution in [1.82, 2.24) is 25.9 Å². The number of carbonyl (C=O) groups excluding carboxylic acids is 1. The lowest BCUT2D eigenvalue weighted by atomic mass is 9.75. The lowest BCUT2D eigenvalue weighted by Crippen LogP contribution is -2.47. The molecule has 8 nitrogen and oxygen atoms in total. The average molecular weight is 367 g/mol. The highest BCUT2D eigenvalue weighted by atomic mass is 16.1. The maximum atomic E-state index is 12.3. The largest absolute Gasteiger partial charge is 0.355 e. The number of nitriles is 1. The van der Waals surface area contributed by atoms with Crippen LogP contribution in [0.1, 0.15) is 44.1 Å². The number of aliphatic imine (C=N–C) groups is 1. The highest BCUT2D eigenvalue weighted by Crippen LogP contribution is 2.70. The second-order valence-electron chi connectivity index (χ2n) is 8.22. The molecule has 0 aromatic carbocycles. The van der Waals surface area contributed by atoms with Crippen molar-refractivity contribution in [2.75, 3.05) is 13.6 Å². The Kier molecular flexibility index (Phi) is 3.61. The zero-order chi connectivity index (χ0) is 18.6. The molecule has 2 atom stereocenters. The lowest BCUT2D eigenvalue weighted by molar-refractivity contribution is -0.126. The smallest absolute Gasteiger partial charge is 0.223 e. The molecule has 27 heavy (non-hydrogen) atoms. The molecule has 4 aliphatic rings. The Balaban J connectivity index is 1.31. The molecule has 1 aromatic heterocycles. The molecule has 142 valence electrons. The fourth-order valence-corrected chi connectivity index (χ4v) is 5.73. The Bertz CT molecular complexity index is 833. The molecule has 3 N–H and O–H groups in total. The van der Waals surface area contributed by atoms with Gasteiger partial charge in [-0.25, -0.2) is 10.4 Å². The van der Waals surface area contributed by atoms with Crippen LogP contribution in [0.2, 0.25) is 0 Å². The summed E-state index contributed by atoms with van der Waals surface area (Å²) in [4.78, 5) is 20.1. The minimum Gasteiger partial charge on any atom is -0.355 e. The Labute approximate surface area is 158 Å². The number of nitrogens with zero attached hydrogens (tertiary/aromatic N) is 4. The monoisotopic (exact) mass is 367 g/mol. The second kappa shape index (κ2) is 5.81. The second-order valence-corrected chi connectivity index (χ2v) is 8.22. The van der Waals surface area contributed by atoms with Crippen LogP contribution in [0, 0.1) is 23.2 Å². The first-order chi connectivity index (χ1) is 13.1. The Morgan fingerprint density at radius 1 is 1.44 bits per heavy atom. The molecule has 2 unspecified atom stereocenters. The van der Waals surface area contributed by atoms with E-state index in [1.807, 2.05) is 19.6 Å². The number of aromatic amines is 1. The van der Waals surface area contributed by atoms with E-state index >= 15 is 0 Å². The maximum Gasteiger partial charge on any atom is 0.223 e. The molecule has 0 bridgehead atoms. The third-order valence-electron chi connectivity index (χ3n) is 7.02. The van der Waals surface area contributed by atoms with Crippen molar-refractivity contribution in [1.29, 1.82) is 5.26 Å². The summed E-state index contributed by atoms with van der Waals surface area (Å²) < 4.78 is 0. The number of hydrogen-bond acceptors (Lipinski definition) is 6. The number of H-pyrrole nitrogens is 1. The predicted molar refractivity (Wildman–Crippen MR) is 99.4 cm³/mol. The van der Waals surface area contributed by atoms with Crippen molar-refractivity contribution < 1.29 is 4.79 Å². The van der Waals surface area contributed by atoms with Crippen molar-refractivity contribution in [3.8, 4) is 6.07 Å². The SMILES string of the molecule is CN1NC2(C3CCC(C(=O)NCCC#N)CC3)CC23c2cc[nH]c2N=CN13. The summed E-state index contributed by atoms with van der Waals surface area (Å²) in [7, 11) is 2.05. The minimum atomic E-state index is -0.0502. The summed E-state index contributed by atoms with van der Waals surface area (Å²) in [6.07, 6.45) is 9.28. The normalized spacial score (nSPS) is 36.5. The van der Waals surface area contributed by atoms with E-state index in [0.717, 1.165) is 37.9 Å². The van der Waals surface area contributed by atoms with Gasteiger partial charge in [-0.1, -0.05) is 0 Å². The van der Waals surface area contributed by atoms with Crippen molar-refractivity contribution in [3.63, 3.8) is 0 Å². The number of hydrogen-bond donors (Lipinski definition) is 3. The van der Waals surface area contributed by atoms with Gasteiger partial charge in [0.2, 0.25) is 5.91 Å². The summed E-state index contributed by atoms with van der Waals surface area (Å²) in [5.74, 6) is 1.69. The predicted octanol–water partition coefficient (Wildman–Crippen LogP) is 1.53. The van der Waals surface area contributed by atoms with Gasteiger partial charge in [-0.15, -0.1) is 0 Å². The molecule has 2 aliphatic carbocycles. The summed E-state index contributed by atoms with van der Waals surface area (Å²) >= 11 is 0. The van der Waals surface area contributed by atoms with E-state index < -0.39 is 0 Å². The third kappa shape index (κ3) is 2.15. The number of aromatic nitrogens is 1. The van der Waals surface area contributed by atoms with Gasteiger partial charge in [0.15, 0.2) is 0 Å². The van der Waals surface area contributed by atoms with Crippen LogP contribution in [0.3, 0.4) is 0 Å². The first kappa shape index (κ1) is 16.8. The minimum absolute atomic E-state index is 0.0212. The molecular weight excluding hydrogens is 342 g/mol. The molecule has 5 rings (SSSR count). The molecule has 1 aromatic rings. The van der Waals surface area contributed by atoms with E-state index in [4.69, 9.17) is 5.26 Å². The maximum absolute atomic E-state index is 12.3. The molecule has 0 radical (unpaired) electrons. The van der Waals surface area contributed by atoms with Crippen LogP contribution in [0.5, 0.6) is 0 Å². The van der Waals surface area contributed by atoms with Gasteiger partial charge in [-0.2, -0.15) is 10.4 Å². The quantitative estimate of drug-likeness (QED) is 0.701. The molecule has 1 saturated heterocycles. The molecule has 3 fully saturated rings. The van der Waals surface area contributed by atoms with E-state index in [1.165, 1.54) is 5.56 Å². The highest BCUT2D eigenvalue weighted by Gasteiger charge is 2.80. The number of hydrazine groups is 2. The molecular formula is C19H25N7O. The van der Waals surface area contributed by atoms with Gasteiger partial charge < -0.3 is 10.3 Å². The number of amides is 1. The summed E-state index contributed by atoms with van der Waals surface area (Å²) in [6.45, 7) is 0.458. The van der Waals surface area contributed by atoms with Crippen molar-refractivity contribution in [2.45, 2.75) is 49.6 Å². The van der Waals surface area contributed by atoms with Gasteiger partial charge >= 0.3 is 0 Å². The molecule has 3 heterocycles. The van der Waals surface area contributed by atoms with Gasteiger partial charge in [0.1, 0.15) is 17.7 Å². The molecule has 2 aliphatic heterocycles. The van der Waals surface area contributed by atoms with Crippen LogP contribution >= 0.6 is 0 Å². The molecule has 8 heteroatoms. The fourth-order valence-electron chi connectivity index (χ4n) is 5.73. The molecule has 1 spiro atoms. The summed E-state index contributed by atoms with van der Waals surface area (Å²) in [6, 6.07) is 4.23. The number of carbonyl (C=O) groups is 1. The van der Waals surface area contributed by atoms with Crippen molar-refractivity contribution in [2.24, 2.45) is 16.8 Å². The van der Waals surface area contributed by atoms with Crippen LogP contribution in [0.4, 0.5) is 5.82 Å². The first-order valence-corrected chi connectivity index (χ1v) is 9.80. The topological polar surface area (TPSA) is 99.5 Å². The molecule has 1 amide bonds. The van der Waals surface area contributed by atoms with Crippen LogP contribution in [0.25, 0.3) is 0 Å². The number of rotatable bonds is 4. The number of nitrogens with one attached hydrogen (secondary N) is 3. The van der Waals surface area contributed by atoms with Crippen LogP contribution in [-0.4, -0.2) is 46.5 Å². The average Bonchev–Trinajstić information content (AvgIpc) is 3.00. The van der Waals surface area contributed by atoms with E-state index in [-0.39, 0.29) is 22.9 Å². The van der Waals surface area contributed by atoms with Crippen molar-refractivity contribution >= 4 is 18.1 Å². The fraction of sp³-hybridized carbons (Fsp3) is 0.632. The van der Waals surface area contributed by atoms with Gasteiger partial charge in [0.05, 0.1) is 18.0 Å². The zero-order valence-electron chi connectivity index (χ0n) is 15.5. The zero-order valence-corrected chi connectivity index (χ0v) is 15.5. The van der Waals surface area contributed by atoms with E-state index in [1.54, 1.807) is 0 Å². The van der Waals surface area contributed by atoms with Gasteiger partial charge in [-0.05, 0) is 37.7 Å². The van der Waals surface area contributed by atoms with E-state index in [2.05, 4.69) is 43.0 Å². The van der Waals surface area contributed by atoms with Gasteiger partial charge in [0.25, 0.3) is 0 Å². The number of fused-ring (bicyclic) bond motifs is 1. The Hall–Kier alpha value is -2.37. The molecule has 2 saturated carbocycles. The van der Waals surface area contributed by atoms with Gasteiger partial charge in [-0.3, -0.25) is 9.80 Å². The van der Waals surface area contributed by atoms with Crippen LogP contribution in [-0.2, 0) is 10.3 Å². The summed E-state index contributed by atoms with van der Waals surface area (Å²) in [5.41, 5.74) is 4.99.